The Labute approximate surface area is 248 Å². The second-order valence-corrected chi connectivity index (χ2v) is 8.60. The lowest BCUT2D eigenvalue weighted by atomic mass is 9.94. The van der Waals surface area contributed by atoms with Crippen molar-refractivity contribution in [1.29, 1.82) is 0 Å². The Balaban J connectivity index is 0. The molecule has 0 aliphatic rings. The van der Waals surface area contributed by atoms with Crippen molar-refractivity contribution in [3.05, 3.63) is 59.7 Å². The van der Waals surface area contributed by atoms with Gasteiger partial charge in [0.15, 0.2) is 0 Å². The fraction of sp³-hybridized carbons (Fsp3) is 0.414. The van der Waals surface area contributed by atoms with Gasteiger partial charge in [0.1, 0.15) is 12.2 Å². The molecule has 2 aromatic carbocycles. The van der Waals surface area contributed by atoms with Crippen LogP contribution in [0.5, 0.6) is 0 Å². The summed E-state index contributed by atoms with van der Waals surface area (Å²) < 4.78 is 0. The van der Waals surface area contributed by atoms with E-state index in [4.69, 9.17) is 25.5 Å². The van der Waals surface area contributed by atoms with Crippen LogP contribution >= 0.6 is 0 Å². The van der Waals surface area contributed by atoms with Gasteiger partial charge in [0, 0.05) is 0 Å². The van der Waals surface area contributed by atoms with E-state index in [1.165, 1.54) is 31.2 Å². The molecule has 0 fully saturated rings. The monoisotopic (exact) mass is 600 g/mol. The number of aliphatic hydroxyl groups is 4. The van der Waals surface area contributed by atoms with Gasteiger partial charge in [-0.15, -0.1) is 0 Å². The van der Waals surface area contributed by atoms with Crippen LogP contribution < -0.4 is 0 Å². The van der Waals surface area contributed by atoms with E-state index in [-0.39, 0.29) is 0 Å². The van der Waals surface area contributed by atoms with Crippen molar-refractivity contribution in [3.8, 4) is 0 Å². The molecule has 0 radical (unpaired) electrons. The highest BCUT2D eigenvalue weighted by Gasteiger charge is 2.31. The van der Waals surface area contributed by atoms with Gasteiger partial charge >= 0.3 is 5.97 Å². The van der Waals surface area contributed by atoms with E-state index < -0.39 is 31.4 Å². The molecule has 14 heteroatoms. The van der Waals surface area contributed by atoms with E-state index in [0.717, 1.165) is 43.2 Å². The van der Waals surface area contributed by atoms with E-state index in [0.29, 0.717) is 24.5 Å². The van der Waals surface area contributed by atoms with Crippen molar-refractivity contribution in [1.82, 2.24) is 0 Å². The van der Waals surface area contributed by atoms with E-state index >= 15 is 0 Å². The van der Waals surface area contributed by atoms with Crippen LogP contribution in [-0.2, 0) is 30.4 Å². The quantitative estimate of drug-likeness (QED) is 0.0918. The maximum atomic E-state index is 10.2. The highest BCUT2D eigenvalue weighted by Crippen LogP contribution is 2.18. The van der Waals surface area contributed by atoms with Crippen molar-refractivity contribution < 1.29 is 49.5 Å². The first-order chi connectivity index (χ1) is 20.7. The predicted molar refractivity (Wildman–Crippen MR) is 155 cm³/mol. The first kappa shape index (κ1) is 40.4. The minimum Gasteiger partial charge on any atom is -0.481 e. The number of aliphatic hydroxyl groups excluding tert-OH is 3. The molecule has 0 heterocycles. The summed E-state index contributed by atoms with van der Waals surface area (Å²) in [5.41, 5.74) is 2.01. The predicted octanol–water partition coefficient (Wildman–Crippen LogP) is 2.42. The third-order valence-corrected chi connectivity index (χ3v) is 5.26. The standard InChI is InChI=1S/C15H10N2O2.C8H12N2O2.C5H10O4.CH4O2/c18-10-16-14-5-1-12(2-6-14)9-13-3-7-15(8-4-13)17-11-19;11-7-9-5-3-1-2-4-6-10-8-12;1-5(2-6,3-7)4(8)9;2-1-3/h1-8H,9H2;1-6H2;6-7H,2-3H2,1H3,(H,8,9);2-3H,1H2. The third kappa shape index (κ3) is 21.7. The zero-order chi connectivity index (χ0) is 32.8. The Kier molecular flexibility index (Phi) is 25.8. The Bertz CT molecular complexity index is 1140. The maximum absolute atomic E-state index is 10.2. The lowest BCUT2D eigenvalue weighted by molar-refractivity contribution is -0.152. The summed E-state index contributed by atoms with van der Waals surface area (Å²) in [6, 6.07) is 14.7. The first-order valence-corrected chi connectivity index (χ1v) is 12.8. The molecule has 14 nitrogen and oxygen atoms in total. The van der Waals surface area contributed by atoms with Crippen LogP contribution in [0.4, 0.5) is 11.4 Å². The van der Waals surface area contributed by atoms with E-state index in [1.807, 2.05) is 24.3 Å². The van der Waals surface area contributed by atoms with Crippen LogP contribution in [0, 0.1) is 5.41 Å². The van der Waals surface area contributed by atoms with Crippen molar-refractivity contribution in [2.24, 2.45) is 25.4 Å². The van der Waals surface area contributed by atoms with Gasteiger partial charge in [-0.25, -0.2) is 29.2 Å². The van der Waals surface area contributed by atoms with Crippen LogP contribution in [-0.4, -0.2) is 88.9 Å². The number of rotatable bonds is 14. The second-order valence-electron chi connectivity index (χ2n) is 8.60. The Hall–Kier alpha value is -4.73. The van der Waals surface area contributed by atoms with Gasteiger partial charge < -0.3 is 25.5 Å². The minimum absolute atomic E-state index is 0.543. The molecule has 0 aliphatic heterocycles. The molecule has 43 heavy (non-hydrogen) atoms. The average Bonchev–Trinajstić information content (AvgIpc) is 3.01. The molecule has 2 rings (SSSR count). The van der Waals surface area contributed by atoms with Crippen LogP contribution in [0.15, 0.2) is 68.5 Å². The lowest BCUT2D eigenvalue weighted by Crippen LogP contribution is -2.35. The van der Waals surface area contributed by atoms with Gasteiger partial charge in [0.2, 0.25) is 24.3 Å². The SMILES string of the molecule is CC(CO)(CO)C(=O)O.O=C=NCCCCCCN=C=O.O=C=Nc1ccc(Cc2ccc(N=C=O)cc2)cc1.OCO. The van der Waals surface area contributed by atoms with Gasteiger partial charge in [-0.2, -0.15) is 9.98 Å². The van der Waals surface area contributed by atoms with E-state index in [9.17, 15) is 24.0 Å². The fourth-order valence-corrected chi connectivity index (χ4v) is 2.73. The number of nitrogens with zero attached hydrogens (tertiary/aromatic N) is 4. The van der Waals surface area contributed by atoms with Gasteiger partial charge in [-0.05, 0) is 61.6 Å². The molecule has 0 bridgehead atoms. The lowest BCUT2D eigenvalue weighted by Gasteiger charge is -2.17. The third-order valence-electron chi connectivity index (χ3n) is 5.26. The molecule has 0 saturated heterocycles. The molecule has 0 aromatic heterocycles. The molecule has 0 atom stereocenters. The number of hydrogen-bond donors (Lipinski definition) is 5. The maximum Gasteiger partial charge on any atom is 0.314 e. The molecular formula is C29H36N4O10. The number of carbonyl (C=O) groups excluding carboxylic acids is 4. The molecule has 2 aromatic rings. The number of carboxylic acids is 1. The highest BCUT2D eigenvalue weighted by molar-refractivity contribution is 5.74. The number of carboxylic acid groups (broad SMARTS) is 1. The second kappa shape index (κ2) is 27.4. The van der Waals surface area contributed by atoms with Crippen LogP contribution in [0.25, 0.3) is 0 Å². The zero-order valence-electron chi connectivity index (χ0n) is 23.8. The summed E-state index contributed by atoms with van der Waals surface area (Å²) in [6.07, 6.45) is 10.6. The Morgan fingerprint density at radius 2 is 1.00 bits per heavy atom. The summed E-state index contributed by atoms with van der Waals surface area (Å²) in [5.74, 6) is -1.19. The molecule has 0 amide bonds. The largest absolute Gasteiger partial charge is 0.481 e. The fourth-order valence-electron chi connectivity index (χ4n) is 2.73. The van der Waals surface area contributed by atoms with Gasteiger partial charge in [-0.3, -0.25) is 4.79 Å². The molecule has 0 unspecified atom stereocenters. The number of isocyanates is 4. The van der Waals surface area contributed by atoms with Crippen molar-refractivity contribution in [2.75, 3.05) is 33.1 Å². The van der Waals surface area contributed by atoms with Gasteiger partial charge in [0.05, 0.1) is 37.7 Å². The van der Waals surface area contributed by atoms with Gasteiger partial charge in [0.25, 0.3) is 0 Å². The smallest absolute Gasteiger partial charge is 0.314 e. The summed E-state index contributed by atoms with van der Waals surface area (Å²) in [4.78, 5) is 63.5. The van der Waals surface area contributed by atoms with Crippen LogP contribution in [0.1, 0.15) is 43.7 Å². The minimum atomic E-state index is -1.39. The summed E-state index contributed by atoms with van der Waals surface area (Å²) >= 11 is 0. The Morgan fingerprint density at radius 1 is 0.651 bits per heavy atom. The molecule has 0 saturated carbocycles. The first-order valence-electron chi connectivity index (χ1n) is 12.8. The van der Waals surface area contributed by atoms with Crippen molar-refractivity contribution in [2.45, 2.75) is 39.0 Å². The summed E-state index contributed by atoms with van der Waals surface area (Å²) in [6.45, 7) is 0.550. The highest BCUT2D eigenvalue weighted by atomic mass is 16.5. The molecule has 0 spiro atoms. The molecule has 5 N–H and O–H groups in total. The van der Waals surface area contributed by atoms with Crippen molar-refractivity contribution >= 4 is 41.7 Å². The van der Waals surface area contributed by atoms with E-state index in [2.05, 4.69) is 20.0 Å². The topological polar surface area (TPSA) is 236 Å². The van der Waals surface area contributed by atoms with Crippen molar-refractivity contribution in [3.63, 3.8) is 0 Å². The van der Waals surface area contributed by atoms with Crippen LogP contribution in [0.3, 0.4) is 0 Å². The Morgan fingerprint density at radius 3 is 1.23 bits per heavy atom. The number of carbonyl (C=O) groups is 1. The number of benzene rings is 2. The zero-order valence-corrected chi connectivity index (χ0v) is 23.8. The van der Waals surface area contributed by atoms with Gasteiger partial charge in [-0.1, -0.05) is 37.1 Å². The number of unbranched alkanes of at least 4 members (excludes halogenated alkanes) is 3. The molecular weight excluding hydrogens is 564 g/mol. The summed E-state index contributed by atoms with van der Waals surface area (Å²) in [7, 11) is 0. The van der Waals surface area contributed by atoms with Crippen LogP contribution in [0.2, 0.25) is 0 Å². The molecule has 232 valence electrons. The normalized spacial score (nSPS) is 9.23. The average molecular weight is 601 g/mol. The van der Waals surface area contributed by atoms with E-state index in [1.54, 1.807) is 24.3 Å². The summed E-state index contributed by atoms with van der Waals surface area (Å²) in [5, 5.41) is 39.4. The number of aliphatic carboxylic acids is 1. The number of aliphatic imine (C=N–C) groups is 4. The molecule has 0 aliphatic carbocycles. The number of hydrogen-bond acceptors (Lipinski definition) is 13.